The van der Waals surface area contributed by atoms with Crippen molar-refractivity contribution in [1.82, 2.24) is 5.43 Å². The Hall–Kier alpha value is -2.78. The van der Waals surface area contributed by atoms with Crippen LogP contribution in [0.5, 0.6) is 5.75 Å². The highest BCUT2D eigenvalue weighted by Gasteiger charge is 2.27. The molecule has 0 saturated heterocycles. The summed E-state index contributed by atoms with van der Waals surface area (Å²) in [6.45, 7) is -0.543. The molecule has 0 aromatic heterocycles. The van der Waals surface area contributed by atoms with Crippen molar-refractivity contribution in [2.75, 3.05) is 18.0 Å². The molecule has 0 saturated carbocycles. The zero-order valence-corrected chi connectivity index (χ0v) is 20.3. The predicted molar refractivity (Wildman–Crippen MR) is 131 cm³/mol. The van der Waals surface area contributed by atoms with Crippen molar-refractivity contribution in [1.29, 1.82) is 0 Å². The third-order valence-corrected chi connectivity index (χ3v) is 7.21. The average Bonchev–Trinajstić information content (AvgIpc) is 2.80. The molecular weight excluding hydrogens is 509 g/mol. The zero-order valence-electron chi connectivity index (χ0n) is 17.2. The molecule has 3 aromatic rings. The second-order valence-electron chi connectivity index (χ2n) is 6.61. The van der Waals surface area contributed by atoms with Gasteiger partial charge in [-0.05, 0) is 48.0 Å². The number of sulfonamides is 1. The van der Waals surface area contributed by atoms with Gasteiger partial charge in [-0.2, -0.15) is 5.10 Å². The summed E-state index contributed by atoms with van der Waals surface area (Å²) in [5.41, 5.74) is 3.10. The lowest BCUT2D eigenvalue weighted by molar-refractivity contribution is -0.119. The van der Waals surface area contributed by atoms with E-state index < -0.39 is 22.5 Å². The first-order valence-electron chi connectivity index (χ1n) is 9.40. The molecule has 0 radical (unpaired) electrons. The number of hydrazone groups is 1. The van der Waals surface area contributed by atoms with Crippen LogP contribution < -0.4 is 14.5 Å². The Kier molecular flexibility index (Phi) is 8.20. The molecule has 3 aromatic carbocycles. The van der Waals surface area contributed by atoms with Gasteiger partial charge >= 0.3 is 0 Å². The number of rotatable bonds is 8. The van der Waals surface area contributed by atoms with E-state index in [4.69, 9.17) is 39.5 Å². The number of amides is 1. The maximum Gasteiger partial charge on any atom is 0.264 e. The average molecular weight is 527 g/mol. The summed E-state index contributed by atoms with van der Waals surface area (Å²) >= 11 is 18.0. The number of ether oxygens (including phenoxy) is 1. The summed E-state index contributed by atoms with van der Waals surface area (Å²) in [6.07, 6.45) is 1.36. The van der Waals surface area contributed by atoms with E-state index in [-0.39, 0.29) is 15.6 Å². The molecule has 0 aliphatic rings. The Morgan fingerprint density at radius 1 is 1.00 bits per heavy atom. The van der Waals surface area contributed by atoms with Gasteiger partial charge in [0.25, 0.3) is 15.9 Å². The molecular formula is C22H18Cl3N3O4S. The molecule has 0 heterocycles. The number of nitrogens with zero attached hydrogens (tertiary/aromatic N) is 2. The third-order valence-electron chi connectivity index (χ3n) is 4.39. The lowest BCUT2D eigenvalue weighted by atomic mass is 10.2. The highest BCUT2D eigenvalue weighted by molar-refractivity contribution is 7.92. The fourth-order valence-corrected chi connectivity index (χ4v) is 4.77. The Morgan fingerprint density at radius 2 is 1.73 bits per heavy atom. The van der Waals surface area contributed by atoms with E-state index in [0.29, 0.717) is 21.4 Å². The number of hydrogen-bond acceptors (Lipinski definition) is 5. The van der Waals surface area contributed by atoms with Gasteiger partial charge in [-0.3, -0.25) is 9.10 Å². The smallest absolute Gasteiger partial charge is 0.264 e. The van der Waals surface area contributed by atoms with E-state index in [1.807, 2.05) is 0 Å². The van der Waals surface area contributed by atoms with E-state index in [1.165, 1.54) is 43.7 Å². The Balaban J connectivity index is 1.86. The highest BCUT2D eigenvalue weighted by Crippen LogP contribution is 2.31. The second kappa shape index (κ2) is 10.9. The van der Waals surface area contributed by atoms with Crippen LogP contribution in [-0.2, 0) is 14.8 Å². The van der Waals surface area contributed by atoms with Crippen molar-refractivity contribution < 1.29 is 17.9 Å². The van der Waals surface area contributed by atoms with Crippen molar-refractivity contribution in [3.63, 3.8) is 0 Å². The van der Waals surface area contributed by atoms with Crippen LogP contribution in [-0.4, -0.2) is 34.2 Å². The van der Waals surface area contributed by atoms with E-state index in [0.717, 1.165) is 4.31 Å². The molecule has 0 spiro atoms. The van der Waals surface area contributed by atoms with Crippen LogP contribution in [0.4, 0.5) is 5.69 Å². The Bertz CT molecular complexity index is 1290. The summed E-state index contributed by atoms with van der Waals surface area (Å²) in [5.74, 6) is -0.300. The van der Waals surface area contributed by atoms with Crippen molar-refractivity contribution in [3.05, 3.63) is 87.4 Å². The van der Waals surface area contributed by atoms with Gasteiger partial charge in [0.1, 0.15) is 12.3 Å². The fraction of sp³-hybridized carbons (Fsp3) is 0.0909. The van der Waals surface area contributed by atoms with Gasteiger partial charge in [0, 0.05) is 0 Å². The number of hydrogen-bond donors (Lipinski definition) is 1. The molecule has 172 valence electrons. The number of carbonyl (C=O) groups excluding carboxylic acids is 1. The van der Waals surface area contributed by atoms with Crippen LogP contribution in [0.15, 0.2) is 76.7 Å². The maximum atomic E-state index is 13.3. The van der Waals surface area contributed by atoms with Crippen LogP contribution in [0.1, 0.15) is 5.56 Å². The first-order valence-corrected chi connectivity index (χ1v) is 12.0. The molecule has 0 aliphatic heterocycles. The van der Waals surface area contributed by atoms with Crippen molar-refractivity contribution in [2.24, 2.45) is 5.10 Å². The van der Waals surface area contributed by atoms with Gasteiger partial charge in [0.05, 0.1) is 39.0 Å². The zero-order chi connectivity index (χ0) is 24.0. The molecule has 0 atom stereocenters. The molecule has 0 fully saturated rings. The fourth-order valence-electron chi connectivity index (χ4n) is 2.78. The van der Waals surface area contributed by atoms with Gasteiger partial charge in [-0.15, -0.1) is 0 Å². The van der Waals surface area contributed by atoms with Crippen LogP contribution >= 0.6 is 34.8 Å². The quantitative estimate of drug-likeness (QED) is 0.330. The minimum Gasteiger partial charge on any atom is -0.495 e. The SMILES string of the molecule is COc1ccc(N(CC(=O)N/N=C\c2ccc(Cl)c(Cl)c2)S(=O)(=O)c2ccccc2)cc1Cl. The third kappa shape index (κ3) is 6.17. The van der Waals surface area contributed by atoms with E-state index in [1.54, 1.807) is 36.4 Å². The molecule has 7 nitrogen and oxygen atoms in total. The maximum absolute atomic E-state index is 13.3. The monoisotopic (exact) mass is 525 g/mol. The largest absolute Gasteiger partial charge is 0.495 e. The second-order valence-corrected chi connectivity index (χ2v) is 9.69. The number of carbonyl (C=O) groups is 1. The molecule has 0 bridgehead atoms. The highest BCUT2D eigenvalue weighted by atomic mass is 35.5. The van der Waals surface area contributed by atoms with Gasteiger partial charge in [0.15, 0.2) is 0 Å². The minimum atomic E-state index is -4.08. The molecule has 0 unspecified atom stereocenters. The van der Waals surface area contributed by atoms with Crippen LogP contribution in [0.25, 0.3) is 0 Å². The Labute approximate surface area is 206 Å². The Morgan fingerprint density at radius 3 is 2.36 bits per heavy atom. The molecule has 11 heteroatoms. The van der Waals surface area contributed by atoms with Crippen molar-refractivity contribution in [3.8, 4) is 5.75 Å². The normalized spacial score (nSPS) is 11.4. The number of methoxy groups -OCH3 is 1. The van der Waals surface area contributed by atoms with Gasteiger partial charge in [-0.25, -0.2) is 13.8 Å². The number of nitrogens with one attached hydrogen (secondary N) is 1. The predicted octanol–water partition coefficient (Wildman–Crippen LogP) is 5.00. The standard InChI is InChI=1S/C22H18Cl3N3O4S/c1-32-21-10-8-16(12-20(21)25)28(33(30,31)17-5-3-2-4-6-17)14-22(29)27-26-13-15-7-9-18(23)19(24)11-15/h2-13H,14H2,1H3,(H,27,29)/b26-13-. The van der Waals surface area contributed by atoms with Gasteiger partial charge in [0.2, 0.25) is 0 Å². The van der Waals surface area contributed by atoms with Crippen molar-refractivity contribution >= 4 is 62.6 Å². The first kappa shape index (κ1) is 24.9. The summed E-state index contributed by atoms with van der Waals surface area (Å²) in [6, 6.07) is 17.0. The first-order chi connectivity index (χ1) is 15.7. The minimum absolute atomic E-state index is 0.0176. The molecule has 0 aliphatic carbocycles. The lowest BCUT2D eigenvalue weighted by Crippen LogP contribution is -2.39. The van der Waals surface area contributed by atoms with Crippen LogP contribution in [0.2, 0.25) is 15.1 Å². The summed E-state index contributed by atoms with van der Waals surface area (Å²) in [5, 5.41) is 4.78. The lowest BCUT2D eigenvalue weighted by Gasteiger charge is -2.24. The number of benzene rings is 3. The molecule has 1 amide bonds. The summed E-state index contributed by atoms with van der Waals surface area (Å²) in [4.78, 5) is 12.6. The topological polar surface area (TPSA) is 88.1 Å². The molecule has 1 N–H and O–H groups in total. The van der Waals surface area contributed by atoms with Gasteiger partial charge in [-0.1, -0.05) is 59.1 Å². The van der Waals surface area contributed by atoms with Gasteiger partial charge < -0.3 is 4.74 Å². The summed E-state index contributed by atoms with van der Waals surface area (Å²) in [7, 11) is -2.64. The summed E-state index contributed by atoms with van der Waals surface area (Å²) < 4.78 is 32.7. The molecule has 33 heavy (non-hydrogen) atoms. The molecule has 3 rings (SSSR count). The van der Waals surface area contributed by atoms with Crippen LogP contribution in [0.3, 0.4) is 0 Å². The van der Waals surface area contributed by atoms with E-state index in [9.17, 15) is 13.2 Å². The van der Waals surface area contributed by atoms with E-state index >= 15 is 0 Å². The number of anilines is 1. The number of halogens is 3. The van der Waals surface area contributed by atoms with E-state index in [2.05, 4.69) is 10.5 Å². The van der Waals surface area contributed by atoms with Crippen molar-refractivity contribution in [2.45, 2.75) is 4.90 Å². The van der Waals surface area contributed by atoms with Crippen LogP contribution in [0, 0.1) is 0 Å².